The number of rotatable bonds is 4. The number of nitrogens with zero attached hydrogens (tertiary/aromatic N) is 2. The lowest BCUT2D eigenvalue weighted by molar-refractivity contribution is -0.641. The molecule has 40 heavy (non-hydrogen) atoms. The van der Waals surface area contributed by atoms with E-state index in [0.717, 1.165) is 5.56 Å². The number of benzene rings is 5. The van der Waals surface area contributed by atoms with Crippen molar-refractivity contribution in [2.45, 2.75) is 11.8 Å². The van der Waals surface area contributed by atoms with Crippen LogP contribution in [0.15, 0.2) is 102 Å². The molecule has 0 atom stereocenters. The number of anilines is 1. The molecule has 0 radical (unpaired) electrons. The molecule has 0 fully saturated rings. The van der Waals surface area contributed by atoms with Gasteiger partial charge in [0.05, 0.1) is 10.3 Å². The summed E-state index contributed by atoms with van der Waals surface area (Å²) >= 11 is 1.84. The lowest BCUT2D eigenvalue weighted by atomic mass is 10.0. The highest BCUT2D eigenvalue weighted by molar-refractivity contribution is 7.85. The second-order valence-electron chi connectivity index (χ2n) is 9.85. The molecule has 0 spiro atoms. The molecular weight excluding hydrogens is 537 g/mol. The van der Waals surface area contributed by atoms with E-state index < -0.39 is 10.1 Å². The first-order valence-electron chi connectivity index (χ1n) is 12.8. The van der Waals surface area contributed by atoms with Crippen LogP contribution in [0.2, 0.25) is 0 Å². The summed E-state index contributed by atoms with van der Waals surface area (Å²) < 4.78 is 34.8. The maximum Gasteiger partial charge on any atom is 0.262 e. The molecule has 6 rings (SSSR count). The van der Waals surface area contributed by atoms with Crippen LogP contribution in [0.3, 0.4) is 0 Å². The molecule has 0 amide bonds. The Morgan fingerprint density at radius 1 is 0.775 bits per heavy atom. The van der Waals surface area contributed by atoms with E-state index in [1.54, 1.807) is 12.1 Å². The lowest BCUT2D eigenvalue weighted by Gasteiger charge is -2.16. The van der Waals surface area contributed by atoms with Crippen molar-refractivity contribution in [2.24, 2.45) is 7.05 Å². The van der Waals surface area contributed by atoms with E-state index in [0.29, 0.717) is 0 Å². The molecule has 5 aromatic carbocycles. The van der Waals surface area contributed by atoms with E-state index in [2.05, 4.69) is 116 Å². The zero-order valence-corrected chi connectivity index (χ0v) is 24.5. The maximum absolute atomic E-state index is 10.4. The summed E-state index contributed by atoms with van der Waals surface area (Å²) in [6.45, 7) is 1.82. The average molecular weight is 567 g/mol. The Labute approximate surface area is 239 Å². The summed E-state index contributed by atoms with van der Waals surface area (Å²) in [5, 5.41) is 6.41. The Hall–Kier alpha value is -4.04. The summed E-state index contributed by atoms with van der Waals surface area (Å²) in [6.07, 6.45) is 4.49. The Kier molecular flexibility index (Phi) is 7.72. The summed E-state index contributed by atoms with van der Waals surface area (Å²) in [7, 11) is 2.09. The summed E-state index contributed by atoms with van der Waals surface area (Å²) in [5.41, 5.74) is 4.73. The second-order valence-corrected chi connectivity index (χ2v) is 12.3. The quantitative estimate of drug-likeness (QED) is 0.168. The predicted molar refractivity (Wildman–Crippen MR) is 167 cm³/mol. The van der Waals surface area contributed by atoms with Crippen molar-refractivity contribution >= 4 is 71.1 Å². The predicted octanol–water partition coefficient (Wildman–Crippen LogP) is 7.17. The highest BCUT2D eigenvalue weighted by atomic mass is 32.2. The Balaban J connectivity index is 0.000000248. The highest BCUT2D eigenvalue weighted by Crippen LogP contribution is 2.31. The van der Waals surface area contributed by atoms with Crippen LogP contribution in [-0.4, -0.2) is 27.1 Å². The topological polar surface area (TPSA) is 64.3 Å². The fourth-order valence-corrected chi connectivity index (χ4v) is 6.35. The monoisotopic (exact) mass is 566 g/mol. The van der Waals surface area contributed by atoms with E-state index >= 15 is 0 Å². The molecule has 7 heteroatoms. The number of hydrogen-bond donors (Lipinski definition) is 0. The molecule has 0 saturated carbocycles. The molecule has 0 aliphatic carbocycles. The first-order chi connectivity index (χ1) is 19.1. The van der Waals surface area contributed by atoms with Gasteiger partial charge in [0.2, 0.25) is 5.52 Å². The fraction of sp³-hybridized carbons (Fsp3) is 0.121. The van der Waals surface area contributed by atoms with Gasteiger partial charge in [0.1, 0.15) is 21.9 Å². The highest BCUT2D eigenvalue weighted by Gasteiger charge is 2.17. The zero-order chi connectivity index (χ0) is 28.4. The normalized spacial score (nSPS) is 11.7. The van der Waals surface area contributed by atoms with Gasteiger partial charge in [-0.3, -0.25) is 0 Å². The molecule has 6 aromatic rings. The number of aryl methyl sites for hydroxylation is 2. The molecule has 0 aliphatic rings. The minimum absolute atomic E-state index is 0.178. The summed E-state index contributed by atoms with van der Waals surface area (Å²) in [6, 6.07) is 31.9. The zero-order valence-electron chi connectivity index (χ0n) is 22.8. The van der Waals surface area contributed by atoms with Gasteiger partial charge in [0, 0.05) is 31.2 Å². The summed E-state index contributed by atoms with van der Waals surface area (Å²) in [5.74, 6) is 0. The number of hydrogen-bond acceptors (Lipinski definition) is 5. The van der Waals surface area contributed by atoms with Crippen molar-refractivity contribution in [1.29, 1.82) is 0 Å². The SMILES string of the molecule is CN(C)c1ccc(/C=C/c2sc3ccc4ccccc4c3[n+]2C)c2ccccc12.Cc1ccc(S(=O)(=O)[O-])cc1. The molecule has 0 saturated heterocycles. The van der Waals surface area contributed by atoms with Gasteiger partial charge < -0.3 is 9.45 Å². The third-order valence-corrected chi connectivity index (χ3v) is 8.89. The van der Waals surface area contributed by atoms with Crippen molar-refractivity contribution in [3.63, 3.8) is 0 Å². The van der Waals surface area contributed by atoms with Gasteiger partial charge in [-0.2, -0.15) is 4.57 Å². The number of aromatic nitrogens is 1. The average Bonchev–Trinajstić information content (AvgIpc) is 3.27. The van der Waals surface area contributed by atoms with Crippen molar-refractivity contribution in [2.75, 3.05) is 19.0 Å². The van der Waals surface area contributed by atoms with E-state index in [-0.39, 0.29) is 4.90 Å². The minimum Gasteiger partial charge on any atom is -0.744 e. The smallest absolute Gasteiger partial charge is 0.262 e. The van der Waals surface area contributed by atoms with Gasteiger partial charge >= 0.3 is 0 Å². The van der Waals surface area contributed by atoms with E-state index in [1.807, 2.05) is 18.3 Å². The molecule has 0 bridgehead atoms. The van der Waals surface area contributed by atoms with Crippen LogP contribution in [0.25, 0.3) is 43.9 Å². The van der Waals surface area contributed by atoms with Crippen LogP contribution >= 0.6 is 11.3 Å². The fourth-order valence-electron chi connectivity index (χ4n) is 4.81. The standard InChI is InChI=1S/C26H23N2S.C7H8O3S/c1-27(2)23-15-12-19(20-9-6-7-11-22(20)23)14-17-25-28(3)26-21-10-5-4-8-18(21)13-16-24(26)29-25;1-6-2-4-7(5-3-6)11(8,9)10/h4-17H,1-3H3;2-5H,1H3,(H,8,9,10)/q+1;/p-1. The molecule has 1 heterocycles. The van der Waals surface area contributed by atoms with Gasteiger partial charge in [-0.25, -0.2) is 8.42 Å². The van der Waals surface area contributed by atoms with Crippen molar-refractivity contribution in [3.8, 4) is 0 Å². The van der Waals surface area contributed by atoms with Crippen LogP contribution in [-0.2, 0) is 17.2 Å². The van der Waals surface area contributed by atoms with Crippen LogP contribution in [0, 0.1) is 6.92 Å². The molecule has 1 aromatic heterocycles. The van der Waals surface area contributed by atoms with Gasteiger partial charge in [-0.15, -0.1) is 0 Å². The molecule has 5 nitrogen and oxygen atoms in total. The van der Waals surface area contributed by atoms with Crippen LogP contribution < -0.4 is 9.47 Å². The van der Waals surface area contributed by atoms with Crippen molar-refractivity contribution < 1.29 is 17.5 Å². The molecule has 0 N–H and O–H groups in total. The van der Waals surface area contributed by atoms with E-state index in [9.17, 15) is 13.0 Å². The third-order valence-electron chi connectivity index (χ3n) is 6.88. The van der Waals surface area contributed by atoms with Crippen LogP contribution in [0.4, 0.5) is 5.69 Å². The van der Waals surface area contributed by atoms with Gasteiger partial charge in [-0.1, -0.05) is 83.6 Å². The van der Waals surface area contributed by atoms with Gasteiger partial charge in [-0.05, 0) is 59.7 Å². The minimum atomic E-state index is -4.27. The summed E-state index contributed by atoms with van der Waals surface area (Å²) in [4.78, 5) is 2.00. The lowest BCUT2D eigenvalue weighted by Crippen LogP contribution is -2.29. The first kappa shape index (κ1) is 27.5. The number of fused-ring (bicyclic) bond motifs is 4. The molecule has 0 aliphatic heterocycles. The Bertz CT molecular complexity index is 1970. The Morgan fingerprint density at radius 3 is 2.10 bits per heavy atom. The van der Waals surface area contributed by atoms with Gasteiger partial charge in [0.25, 0.3) is 5.01 Å². The van der Waals surface area contributed by atoms with Crippen LogP contribution in [0.5, 0.6) is 0 Å². The Morgan fingerprint density at radius 2 is 1.43 bits per heavy atom. The van der Waals surface area contributed by atoms with Gasteiger partial charge in [0.15, 0.2) is 0 Å². The third kappa shape index (κ3) is 5.63. The van der Waals surface area contributed by atoms with Crippen molar-refractivity contribution in [3.05, 3.63) is 113 Å². The molecule has 202 valence electrons. The largest absolute Gasteiger partial charge is 0.744 e. The molecular formula is C33H30N2O3S2. The maximum atomic E-state index is 10.4. The van der Waals surface area contributed by atoms with Crippen molar-refractivity contribution in [1.82, 2.24) is 0 Å². The first-order valence-corrected chi connectivity index (χ1v) is 15.1. The van der Waals surface area contributed by atoms with E-state index in [1.165, 1.54) is 60.2 Å². The van der Waals surface area contributed by atoms with Crippen LogP contribution in [0.1, 0.15) is 16.1 Å². The van der Waals surface area contributed by atoms with E-state index in [4.69, 9.17) is 0 Å². The second kappa shape index (κ2) is 11.2. The number of thiazole rings is 1. The molecule has 0 unspecified atom stereocenters.